The van der Waals surface area contributed by atoms with E-state index in [-0.39, 0.29) is 43.3 Å². The minimum absolute atomic E-state index is 0.0100. The van der Waals surface area contributed by atoms with Crippen molar-refractivity contribution >= 4 is 16.3 Å². The second-order valence-corrected chi connectivity index (χ2v) is 22.0. The molecule has 4 saturated heterocycles. The van der Waals surface area contributed by atoms with E-state index in [9.17, 15) is 23.4 Å². The molecule has 0 amide bonds. The maximum Gasteiger partial charge on any atom is 0.338 e. The number of carbonyl (C=O) groups is 1. The van der Waals surface area contributed by atoms with E-state index < -0.39 is 113 Å². The predicted octanol–water partition coefficient (Wildman–Crippen LogP) is 5.21. The zero-order chi connectivity index (χ0) is 49.5. The first-order valence-electron chi connectivity index (χ1n) is 24.4. The first-order chi connectivity index (χ1) is 32.1. The SMILES string of the molecule is CCC(C)[C@H]1O[C@]2(C=C[C@@H]1C)C[C@@H]1C[C@@H](CC=C(C)[C@@H](O[C@H]3C[C@H](OC)[C@@H](O[C@H]4C[C@H](OC)[C@@H](OS(=O)(=O)N(C)C)[C@H](C)O4)[C@H](C)O3)[C@@H](C)C=CC=C3CO[C@@H]4[C@H](O)C(C)=C[C@@H](C(=O)O1)[C@]34O)O2. The molecule has 20 atom stereocenters. The zero-order valence-electron chi connectivity index (χ0n) is 41.8. The molecule has 2 N–H and O–H groups in total. The van der Waals surface area contributed by atoms with E-state index >= 15 is 0 Å². The summed E-state index contributed by atoms with van der Waals surface area (Å²) in [6.45, 7) is 15.9. The first-order valence-corrected chi connectivity index (χ1v) is 25.8. The van der Waals surface area contributed by atoms with Crippen molar-refractivity contribution in [2.75, 3.05) is 34.9 Å². The number of carbonyl (C=O) groups excluding carboxylic acids is 1. The maximum absolute atomic E-state index is 14.4. The summed E-state index contributed by atoms with van der Waals surface area (Å²) in [4.78, 5) is 14.4. The normalized spacial score (nSPS) is 44.2. The zero-order valence-corrected chi connectivity index (χ0v) is 42.7. The number of hydrogen-bond acceptors (Lipinski definition) is 16. The van der Waals surface area contributed by atoms with Crippen LogP contribution >= 0.6 is 0 Å². The summed E-state index contributed by atoms with van der Waals surface area (Å²) < 4.78 is 95.9. The Morgan fingerprint density at radius 3 is 2.22 bits per heavy atom. The Morgan fingerprint density at radius 2 is 1.56 bits per heavy atom. The summed E-state index contributed by atoms with van der Waals surface area (Å²) in [5.41, 5.74) is 0.0395. The van der Waals surface area contributed by atoms with Gasteiger partial charge in [-0.1, -0.05) is 70.6 Å². The van der Waals surface area contributed by atoms with Crippen molar-refractivity contribution in [2.45, 2.75) is 191 Å². The Balaban J connectivity index is 1.15. The molecule has 1 spiro atoms. The average Bonchev–Trinajstić information content (AvgIpc) is 3.63. The van der Waals surface area contributed by atoms with Gasteiger partial charge in [0.05, 0.1) is 49.3 Å². The molecule has 7 aliphatic rings. The van der Waals surface area contributed by atoms with Gasteiger partial charge in [0.1, 0.15) is 42.0 Å². The summed E-state index contributed by atoms with van der Waals surface area (Å²) in [6, 6.07) is 0. The number of allylic oxidation sites excluding steroid dienone is 2. The number of rotatable bonds is 11. The molecule has 1 unspecified atom stereocenters. The van der Waals surface area contributed by atoms with Gasteiger partial charge in [-0.2, -0.15) is 12.7 Å². The third-order valence-electron chi connectivity index (χ3n) is 15.2. The van der Waals surface area contributed by atoms with Gasteiger partial charge in [0.2, 0.25) is 0 Å². The molecule has 68 heavy (non-hydrogen) atoms. The van der Waals surface area contributed by atoms with Crippen molar-refractivity contribution in [2.24, 2.45) is 23.7 Å². The maximum atomic E-state index is 14.4. The van der Waals surface area contributed by atoms with Crippen LogP contribution in [0.25, 0.3) is 0 Å². The van der Waals surface area contributed by atoms with Crippen LogP contribution in [0.5, 0.6) is 0 Å². The van der Waals surface area contributed by atoms with Crippen molar-refractivity contribution < 1.29 is 75.0 Å². The van der Waals surface area contributed by atoms with Crippen molar-refractivity contribution in [3.8, 4) is 0 Å². The third kappa shape index (κ3) is 11.1. The van der Waals surface area contributed by atoms with Crippen LogP contribution in [0.15, 0.2) is 59.3 Å². The van der Waals surface area contributed by atoms with E-state index in [1.165, 1.54) is 21.2 Å². The number of aliphatic hydroxyl groups excluding tert-OH is 1. The molecule has 18 heteroatoms. The molecule has 6 heterocycles. The van der Waals surface area contributed by atoms with Crippen LogP contribution in [-0.2, 0) is 66.7 Å². The summed E-state index contributed by atoms with van der Waals surface area (Å²) in [5.74, 6) is -2.71. The van der Waals surface area contributed by atoms with Crippen molar-refractivity contribution in [1.29, 1.82) is 0 Å². The minimum atomic E-state index is -4.00. The minimum Gasteiger partial charge on any atom is -0.462 e. The van der Waals surface area contributed by atoms with Gasteiger partial charge < -0.3 is 57.6 Å². The summed E-state index contributed by atoms with van der Waals surface area (Å²) in [7, 11) is 1.90. The van der Waals surface area contributed by atoms with Crippen LogP contribution in [0.2, 0.25) is 0 Å². The van der Waals surface area contributed by atoms with E-state index in [2.05, 4.69) is 32.9 Å². The fourth-order valence-electron chi connectivity index (χ4n) is 10.9. The van der Waals surface area contributed by atoms with E-state index in [0.717, 1.165) is 16.3 Å². The Kier molecular flexibility index (Phi) is 17.1. The van der Waals surface area contributed by atoms with E-state index in [1.807, 2.05) is 39.0 Å². The Morgan fingerprint density at radius 1 is 0.897 bits per heavy atom. The number of ether oxygens (including phenoxy) is 10. The van der Waals surface area contributed by atoms with E-state index in [1.54, 1.807) is 33.1 Å². The highest BCUT2D eigenvalue weighted by Gasteiger charge is 2.60. The summed E-state index contributed by atoms with van der Waals surface area (Å²) in [6.07, 6.45) is 6.90. The number of fused-ring (bicyclic) bond motifs is 2. The van der Waals surface area contributed by atoms with E-state index in [0.29, 0.717) is 30.4 Å². The molecule has 6 aliphatic heterocycles. The molecule has 17 nitrogen and oxygen atoms in total. The number of aliphatic hydroxyl groups is 2. The second kappa shape index (κ2) is 21.8. The van der Waals surface area contributed by atoms with Crippen molar-refractivity contribution in [1.82, 2.24) is 4.31 Å². The first kappa shape index (κ1) is 53.4. The molecule has 0 radical (unpaired) electrons. The predicted molar refractivity (Wildman–Crippen MR) is 249 cm³/mol. The van der Waals surface area contributed by atoms with Gasteiger partial charge in [-0.05, 0) is 62.8 Å². The Bertz CT molecular complexity index is 2040. The standard InChI is InChI=1S/C50H77NO16S/c1-13-27(2)44-30(5)19-20-49(66-44)25-36-22-35(65-49)18-17-29(4)43(28(3)15-14-16-34-26-59-47-42(52)31(6)21-37(48(53)62-36)50(34,47)54)63-40-23-38(57-11)45(32(7)60-40)64-41-24-39(58-12)46(33(8)61-41)67-68(55,56)51(9)10/h14-17,19-21,27-28,30,32-33,35-47,52,54H,13,18,22-26H2,1-12H3/t27?,28-,30-,32-,33-,35+,36-,37-,38-,39-,40-,41-,42+,43-,44+,45-,46-,47+,49+,50+/m0/s1. The van der Waals surface area contributed by atoms with E-state index in [4.69, 9.17) is 51.6 Å². The molecule has 4 fully saturated rings. The highest BCUT2D eigenvalue weighted by Crippen LogP contribution is 2.47. The highest BCUT2D eigenvalue weighted by atomic mass is 32.2. The van der Waals surface area contributed by atoms with Crippen molar-refractivity contribution in [3.63, 3.8) is 0 Å². The molecule has 0 aromatic heterocycles. The fourth-order valence-corrected chi connectivity index (χ4v) is 11.6. The number of methoxy groups -OCH3 is 2. The smallest absolute Gasteiger partial charge is 0.338 e. The lowest BCUT2D eigenvalue weighted by Gasteiger charge is -2.48. The summed E-state index contributed by atoms with van der Waals surface area (Å²) >= 11 is 0. The lowest BCUT2D eigenvalue weighted by Crippen LogP contribution is -2.58. The quantitative estimate of drug-likeness (QED) is 0.202. The molecule has 0 aromatic rings. The molecule has 7 rings (SSSR count). The van der Waals surface area contributed by atoms with Crippen LogP contribution in [0.4, 0.5) is 0 Å². The topological polar surface area (TPSA) is 196 Å². The second-order valence-electron chi connectivity index (χ2n) is 20.3. The summed E-state index contributed by atoms with van der Waals surface area (Å²) in [5, 5.41) is 23.8. The molecule has 0 aromatic carbocycles. The molecule has 384 valence electrons. The number of nitrogens with zero attached hydrogens (tertiary/aromatic N) is 1. The Hall–Kier alpha value is -2.40. The van der Waals surface area contributed by atoms with Gasteiger partial charge >= 0.3 is 16.3 Å². The van der Waals surface area contributed by atoms with Crippen LogP contribution in [0.1, 0.15) is 93.9 Å². The number of esters is 1. The van der Waals surface area contributed by atoms with Crippen LogP contribution in [0.3, 0.4) is 0 Å². The largest absolute Gasteiger partial charge is 0.462 e. The number of hydrogen-bond donors (Lipinski definition) is 2. The highest BCUT2D eigenvalue weighted by molar-refractivity contribution is 7.84. The van der Waals surface area contributed by atoms with Gasteiger partial charge in [-0.3, -0.25) is 4.79 Å². The molecule has 1 aliphatic carbocycles. The van der Waals surface area contributed by atoms with Crippen LogP contribution in [0, 0.1) is 23.7 Å². The lowest BCUT2D eigenvalue weighted by molar-refractivity contribution is -0.317. The van der Waals surface area contributed by atoms with Crippen LogP contribution < -0.4 is 0 Å². The van der Waals surface area contributed by atoms with Crippen LogP contribution in [-0.4, -0.2) is 161 Å². The van der Waals surface area contributed by atoms with Gasteiger partial charge in [-0.25, -0.2) is 4.18 Å². The molecular formula is C50H77NO16S. The van der Waals surface area contributed by atoms with Gasteiger partial charge in [0.25, 0.3) is 0 Å². The van der Waals surface area contributed by atoms with Gasteiger partial charge in [0, 0.05) is 65.8 Å². The van der Waals surface area contributed by atoms with Crippen molar-refractivity contribution in [3.05, 3.63) is 59.3 Å². The molecule has 0 saturated carbocycles. The third-order valence-corrected chi connectivity index (χ3v) is 16.5. The fraction of sp³-hybridized carbons (Fsp3) is 0.780. The van der Waals surface area contributed by atoms with Gasteiger partial charge in [0.15, 0.2) is 18.4 Å². The average molecular weight is 980 g/mol. The molecular weight excluding hydrogens is 903 g/mol. The molecule has 2 bridgehead atoms. The monoisotopic (exact) mass is 979 g/mol. The van der Waals surface area contributed by atoms with Gasteiger partial charge in [-0.15, -0.1) is 0 Å². The lowest BCUT2D eigenvalue weighted by atomic mass is 9.71. The Labute approximate surface area is 403 Å².